The summed E-state index contributed by atoms with van der Waals surface area (Å²) in [5.41, 5.74) is 14.0. The number of anilines is 1. The lowest BCUT2D eigenvalue weighted by Gasteiger charge is -2.09. The number of rotatable bonds is 3. The van der Waals surface area contributed by atoms with Gasteiger partial charge in [0.05, 0.1) is 5.69 Å². The first-order valence-electron chi connectivity index (χ1n) is 5.96. The summed E-state index contributed by atoms with van der Waals surface area (Å²) < 4.78 is 0. The third-order valence-corrected chi connectivity index (χ3v) is 3.02. The molecule has 0 fully saturated rings. The number of hydrogen-bond acceptors (Lipinski definition) is 4. The number of nitrogens with two attached hydrogens (primary N) is 2. The smallest absolute Gasteiger partial charge is 0.254 e. The van der Waals surface area contributed by atoms with Crippen LogP contribution in [0.2, 0.25) is 0 Å². The molecule has 1 amide bonds. The SMILES string of the molecule is Cc1ccccc1Cc1nc(C)c(C(N)=O)c(N)n1. The fraction of sp³-hybridized carbons (Fsp3) is 0.214. The van der Waals surface area contributed by atoms with Crippen LogP contribution in [0.1, 0.15) is 33.0 Å². The minimum atomic E-state index is -0.600. The van der Waals surface area contributed by atoms with Crippen LogP contribution >= 0.6 is 0 Å². The van der Waals surface area contributed by atoms with Crippen LogP contribution in [0.25, 0.3) is 0 Å². The summed E-state index contributed by atoms with van der Waals surface area (Å²) in [6.45, 7) is 3.74. The van der Waals surface area contributed by atoms with E-state index in [9.17, 15) is 4.79 Å². The van der Waals surface area contributed by atoms with E-state index >= 15 is 0 Å². The zero-order chi connectivity index (χ0) is 14.0. The van der Waals surface area contributed by atoms with Crippen molar-refractivity contribution in [3.8, 4) is 0 Å². The average Bonchev–Trinajstić information content (AvgIpc) is 2.30. The molecular weight excluding hydrogens is 240 g/mol. The molecule has 0 bridgehead atoms. The first-order chi connectivity index (χ1) is 8.99. The van der Waals surface area contributed by atoms with E-state index in [0.29, 0.717) is 17.9 Å². The van der Waals surface area contributed by atoms with Gasteiger partial charge in [-0.3, -0.25) is 4.79 Å². The Morgan fingerprint density at radius 1 is 1.21 bits per heavy atom. The molecule has 0 aliphatic rings. The Morgan fingerprint density at radius 3 is 2.47 bits per heavy atom. The molecule has 1 heterocycles. The highest BCUT2D eigenvalue weighted by atomic mass is 16.1. The maximum absolute atomic E-state index is 11.2. The molecule has 5 heteroatoms. The number of nitrogen functional groups attached to an aromatic ring is 1. The zero-order valence-corrected chi connectivity index (χ0v) is 11.0. The monoisotopic (exact) mass is 256 g/mol. The minimum Gasteiger partial charge on any atom is -0.383 e. The van der Waals surface area contributed by atoms with Crippen molar-refractivity contribution in [2.45, 2.75) is 20.3 Å². The van der Waals surface area contributed by atoms with Crippen molar-refractivity contribution < 1.29 is 4.79 Å². The quantitative estimate of drug-likeness (QED) is 0.866. The Hall–Kier alpha value is -2.43. The van der Waals surface area contributed by atoms with Crippen molar-refractivity contribution in [2.75, 3.05) is 5.73 Å². The van der Waals surface area contributed by atoms with Crippen LogP contribution in [0, 0.1) is 13.8 Å². The van der Waals surface area contributed by atoms with Crippen LogP contribution in [0.4, 0.5) is 5.82 Å². The van der Waals surface area contributed by atoms with Gasteiger partial charge in [0.1, 0.15) is 17.2 Å². The molecule has 4 N–H and O–H groups in total. The lowest BCUT2D eigenvalue weighted by Crippen LogP contribution is -2.18. The number of aryl methyl sites for hydroxylation is 2. The molecule has 2 aromatic rings. The highest BCUT2D eigenvalue weighted by Crippen LogP contribution is 2.16. The van der Waals surface area contributed by atoms with Gasteiger partial charge in [0, 0.05) is 6.42 Å². The van der Waals surface area contributed by atoms with Crippen molar-refractivity contribution in [1.29, 1.82) is 0 Å². The van der Waals surface area contributed by atoms with E-state index in [4.69, 9.17) is 11.5 Å². The number of aromatic nitrogens is 2. The fourth-order valence-electron chi connectivity index (χ4n) is 2.02. The van der Waals surface area contributed by atoms with Crippen molar-refractivity contribution >= 4 is 11.7 Å². The van der Waals surface area contributed by atoms with Gasteiger partial charge in [-0.05, 0) is 25.0 Å². The van der Waals surface area contributed by atoms with E-state index in [1.807, 2.05) is 31.2 Å². The Bertz CT molecular complexity index is 614. The first-order valence-corrected chi connectivity index (χ1v) is 5.96. The van der Waals surface area contributed by atoms with Crippen LogP contribution in [0.15, 0.2) is 24.3 Å². The molecule has 1 aromatic heterocycles. The molecule has 5 nitrogen and oxygen atoms in total. The molecule has 2 rings (SSSR count). The standard InChI is InChI=1S/C14H16N4O/c1-8-5-3-4-6-10(8)7-11-17-9(2)12(14(16)19)13(15)18-11/h3-6H,7H2,1-2H3,(H2,16,19)(H2,15,17,18). The molecule has 98 valence electrons. The minimum absolute atomic E-state index is 0.142. The van der Waals surface area contributed by atoms with E-state index in [-0.39, 0.29) is 11.4 Å². The van der Waals surface area contributed by atoms with Crippen molar-refractivity contribution in [3.63, 3.8) is 0 Å². The molecule has 1 aromatic carbocycles. The van der Waals surface area contributed by atoms with Gasteiger partial charge in [-0.15, -0.1) is 0 Å². The topological polar surface area (TPSA) is 94.9 Å². The van der Waals surface area contributed by atoms with Gasteiger partial charge in [-0.1, -0.05) is 24.3 Å². The number of nitrogens with zero attached hydrogens (tertiary/aromatic N) is 2. The van der Waals surface area contributed by atoms with Gasteiger partial charge >= 0.3 is 0 Å². The fourth-order valence-corrected chi connectivity index (χ4v) is 2.02. The van der Waals surface area contributed by atoms with Gasteiger partial charge in [0.25, 0.3) is 5.91 Å². The summed E-state index contributed by atoms with van der Waals surface area (Å²) in [5.74, 6) is 0.135. The van der Waals surface area contributed by atoms with Crippen LogP contribution in [-0.4, -0.2) is 15.9 Å². The van der Waals surface area contributed by atoms with Gasteiger partial charge in [0.15, 0.2) is 0 Å². The third-order valence-electron chi connectivity index (χ3n) is 3.02. The lowest BCUT2D eigenvalue weighted by atomic mass is 10.1. The number of carbonyl (C=O) groups excluding carboxylic acids is 1. The molecule has 0 saturated heterocycles. The normalized spacial score (nSPS) is 10.4. The Balaban J connectivity index is 2.38. The second-order valence-corrected chi connectivity index (χ2v) is 4.45. The van der Waals surface area contributed by atoms with Gasteiger partial charge in [-0.2, -0.15) is 0 Å². The number of primary amides is 1. The van der Waals surface area contributed by atoms with Crippen LogP contribution in [0.3, 0.4) is 0 Å². The van der Waals surface area contributed by atoms with Crippen molar-refractivity contribution in [2.24, 2.45) is 5.73 Å². The van der Waals surface area contributed by atoms with Crippen LogP contribution in [-0.2, 0) is 6.42 Å². The second kappa shape index (κ2) is 5.06. The lowest BCUT2D eigenvalue weighted by molar-refractivity contribution is 0.1000. The van der Waals surface area contributed by atoms with E-state index in [1.54, 1.807) is 6.92 Å². The second-order valence-electron chi connectivity index (χ2n) is 4.45. The largest absolute Gasteiger partial charge is 0.383 e. The number of benzene rings is 1. The summed E-state index contributed by atoms with van der Waals surface area (Å²) in [6.07, 6.45) is 0.580. The Kier molecular flexibility index (Phi) is 3.46. The predicted octanol–water partition coefficient (Wildman–Crippen LogP) is 1.37. The van der Waals surface area contributed by atoms with Crippen LogP contribution < -0.4 is 11.5 Å². The predicted molar refractivity (Wildman–Crippen MR) is 73.7 cm³/mol. The summed E-state index contributed by atoms with van der Waals surface area (Å²) in [6, 6.07) is 8.00. The molecule has 0 radical (unpaired) electrons. The summed E-state index contributed by atoms with van der Waals surface area (Å²) in [7, 11) is 0. The summed E-state index contributed by atoms with van der Waals surface area (Å²) in [4.78, 5) is 19.7. The Labute approximate surface area is 111 Å². The molecule has 0 saturated carbocycles. The molecule has 0 atom stereocenters. The van der Waals surface area contributed by atoms with E-state index < -0.39 is 5.91 Å². The molecule has 19 heavy (non-hydrogen) atoms. The molecular formula is C14H16N4O. The number of amides is 1. The highest BCUT2D eigenvalue weighted by Gasteiger charge is 2.14. The van der Waals surface area contributed by atoms with Gasteiger partial charge in [-0.25, -0.2) is 9.97 Å². The Morgan fingerprint density at radius 2 is 1.89 bits per heavy atom. The van der Waals surface area contributed by atoms with Crippen molar-refractivity contribution in [3.05, 3.63) is 52.5 Å². The highest BCUT2D eigenvalue weighted by molar-refractivity contribution is 5.98. The molecule has 0 unspecified atom stereocenters. The van der Waals surface area contributed by atoms with E-state index in [1.165, 1.54) is 5.56 Å². The van der Waals surface area contributed by atoms with Gasteiger partial charge in [0.2, 0.25) is 0 Å². The third kappa shape index (κ3) is 2.70. The van der Waals surface area contributed by atoms with Crippen LogP contribution in [0.5, 0.6) is 0 Å². The average molecular weight is 256 g/mol. The summed E-state index contributed by atoms with van der Waals surface area (Å²) in [5, 5.41) is 0. The van der Waals surface area contributed by atoms with Crippen molar-refractivity contribution in [1.82, 2.24) is 9.97 Å². The zero-order valence-electron chi connectivity index (χ0n) is 11.0. The van der Waals surface area contributed by atoms with E-state index in [2.05, 4.69) is 9.97 Å². The maximum Gasteiger partial charge on any atom is 0.254 e. The van der Waals surface area contributed by atoms with E-state index in [0.717, 1.165) is 5.56 Å². The number of hydrogen-bond donors (Lipinski definition) is 2. The first kappa shape index (κ1) is 13.0. The van der Waals surface area contributed by atoms with Gasteiger partial charge < -0.3 is 11.5 Å². The number of carbonyl (C=O) groups is 1. The maximum atomic E-state index is 11.2. The molecule has 0 aliphatic carbocycles. The summed E-state index contributed by atoms with van der Waals surface area (Å²) >= 11 is 0. The molecule has 0 aliphatic heterocycles. The molecule has 0 spiro atoms.